The second-order valence-corrected chi connectivity index (χ2v) is 7.47. The minimum absolute atomic E-state index is 0.154. The topological polar surface area (TPSA) is 46.2 Å². The van der Waals surface area contributed by atoms with E-state index in [1.165, 1.54) is 6.42 Å². The molecule has 3 unspecified atom stereocenters. The van der Waals surface area contributed by atoms with Crippen molar-refractivity contribution in [2.45, 2.75) is 68.9 Å². The molecule has 0 aliphatic heterocycles. The molecule has 0 saturated heterocycles. The third-order valence-electron chi connectivity index (χ3n) is 3.88. The van der Waals surface area contributed by atoms with E-state index in [1.807, 2.05) is 20.9 Å². The summed E-state index contributed by atoms with van der Waals surface area (Å²) < 4.78 is 24.8. The van der Waals surface area contributed by atoms with Crippen molar-refractivity contribution in [3.8, 4) is 0 Å². The van der Waals surface area contributed by atoms with E-state index >= 15 is 0 Å². The van der Waals surface area contributed by atoms with Crippen LogP contribution in [0.1, 0.15) is 52.4 Å². The lowest BCUT2D eigenvalue weighted by Crippen LogP contribution is -2.44. The Balaban J connectivity index is 2.89. The molecule has 1 aliphatic rings. The Morgan fingerprint density at radius 2 is 1.88 bits per heavy atom. The van der Waals surface area contributed by atoms with Crippen LogP contribution < -0.4 is 5.32 Å². The minimum Gasteiger partial charge on any atom is -0.316 e. The zero-order chi connectivity index (χ0) is 12.2. The summed E-state index contributed by atoms with van der Waals surface area (Å²) in [6.45, 7) is 3.79. The van der Waals surface area contributed by atoms with Gasteiger partial charge in [0.05, 0.1) is 10.5 Å². The molecule has 0 amide bonds. The summed E-state index contributed by atoms with van der Waals surface area (Å²) in [5, 5.41) is 2.83. The summed E-state index contributed by atoms with van der Waals surface area (Å²) in [5.74, 6) is 0. The fraction of sp³-hybridized carbons (Fsp3) is 1.00. The van der Waals surface area contributed by atoms with Crippen molar-refractivity contribution < 1.29 is 8.42 Å². The molecule has 0 bridgehead atoms. The van der Waals surface area contributed by atoms with Gasteiger partial charge in [0.15, 0.2) is 9.84 Å². The molecule has 1 saturated carbocycles. The van der Waals surface area contributed by atoms with Crippen LogP contribution in [0.5, 0.6) is 0 Å². The van der Waals surface area contributed by atoms with E-state index in [2.05, 4.69) is 5.32 Å². The maximum atomic E-state index is 12.4. The van der Waals surface area contributed by atoms with Gasteiger partial charge in [0.2, 0.25) is 0 Å². The molecule has 0 aromatic heterocycles. The third-order valence-corrected chi connectivity index (χ3v) is 6.74. The second-order valence-electron chi connectivity index (χ2n) is 4.88. The van der Waals surface area contributed by atoms with E-state index in [4.69, 9.17) is 0 Å². The zero-order valence-corrected chi connectivity index (χ0v) is 11.5. The van der Waals surface area contributed by atoms with Gasteiger partial charge in [0, 0.05) is 6.04 Å². The molecule has 16 heavy (non-hydrogen) atoms. The molecule has 3 nitrogen and oxygen atoms in total. The summed E-state index contributed by atoms with van der Waals surface area (Å²) in [5.41, 5.74) is 0. The zero-order valence-electron chi connectivity index (χ0n) is 10.7. The van der Waals surface area contributed by atoms with E-state index in [9.17, 15) is 8.42 Å². The number of sulfone groups is 1. The standard InChI is InChI=1S/C12H25NO2S/c1-4-10(2)16(14,15)12-9-7-5-6-8-11(12)13-3/h10-13H,4-9H2,1-3H3. The molecular formula is C12H25NO2S. The van der Waals surface area contributed by atoms with Gasteiger partial charge in [-0.2, -0.15) is 0 Å². The highest BCUT2D eigenvalue weighted by Gasteiger charge is 2.36. The van der Waals surface area contributed by atoms with E-state index in [0.717, 1.165) is 32.1 Å². The van der Waals surface area contributed by atoms with Crippen molar-refractivity contribution in [2.24, 2.45) is 0 Å². The molecular weight excluding hydrogens is 222 g/mol. The van der Waals surface area contributed by atoms with Crippen LogP contribution in [0.25, 0.3) is 0 Å². The van der Waals surface area contributed by atoms with Crippen LogP contribution in [-0.4, -0.2) is 32.0 Å². The number of rotatable bonds is 4. The Hall–Kier alpha value is -0.0900. The summed E-state index contributed by atoms with van der Waals surface area (Å²) in [7, 11) is -1.08. The fourth-order valence-corrected chi connectivity index (χ4v) is 4.81. The lowest BCUT2D eigenvalue weighted by atomic mass is 10.1. The van der Waals surface area contributed by atoms with Crippen LogP contribution in [-0.2, 0) is 9.84 Å². The molecule has 3 atom stereocenters. The molecule has 0 aromatic rings. The predicted molar refractivity (Wildman–Crippen MR) is 68.4 cm³/mol. The van der Waals surface area contributed by atoms with Crippen molar-refractivity contribution in [1.29, 1.82) is 0 Å². The van der Waals surface area contributed by atoms with Crippen LogP contribution in [0, 0.1) is 0 Å². The van der Waals surface area contributed by atoms with Crippen LogP contribution >= 0.6 is 0 Å². The van der Waals surface area contributed by atoms with Crippen molar-refractivity contribution in [1.82, 2.24) is 5.32 Å². The number of hydrogen-bond acceptors (Lipinski definition) is 3. The Labute approximate surface area is 99.9 Å². The smallest absolute Gasteiger partial charge is 0.157 e. The molecule has 0 heterocycles. The molecule has 0 radical (unpaired) electrons. The lowest BCUT2D eigenvalue weighted by molar-refractivity contribution is 0.475. The van der Waals surface area contributed by atoms with Gasteiger partial charge in [-0.1, -0.05) is 26.2 Å². The highest BCUT2D eigenvalue weighted by atomic mass is 32.2. The third kappa shape index (κ3) is 2.98. The molecule has 0 aromatic carbocycles. The molecule has 4 heteroatoms. The first kappa shape index (κ1) is 14.0. The van der Waals surface area contributed by atoms with Gasteiger partial charge in [-0.3, -0.25) is 0 Å². The van der Waals surface area contributed by atoms with E-state index in [0.29, 0.717) is 0 Å². The molecule has 1 rings (SSSR count). The van der Waals surface area contributed by atoms with E-state index < -0.39 is 9.84 Å². The quantitative estimate of drug-likeness (QED) is 0.774. The Bertz CT molecular complexity index is 300. The Morgan fingerprint density at radius 1 is 1.25 bits per heavy atom. The molecule has 96 valence electrons. The SMILES string of the molecule is CCC(C)S(=O)(=O)C1CCCCCC1NC. The van der Waals surface area contributed by atoms with Gasteiger partial charge in [0.1, 0.15) is 0 Å². The molecule has 1 N–H and O–H groups in total. The molecule has 0 spiro atoms. The van der Waals surface area contributed by atoms with Gasteiger partial charge < -0.3 is 5.32 Å². The van der Waals surface area contributed by atoms with E-state index in [-0.39, 0.29) is 16.5 Å². The summed E-state index contributed by atoms with van der Waals surface area (Å²) in [6, 6.07) is 0.154. The van der Waals surface area contributed by atoms with E-state index in [1.54, 1.807) is 0 Å². The van der Waals surface area contributed by atoms with Crippen LogP contribution in [0.2, 0.25) is 0 Å². The average Bonchev–Trinajstić information content (AvgIpc) is 2.52. The highest BCUT2D eigenvalue weighted by Crippen LogP contribution is 2.26. The minimum atomic E-state index is -2.96. The normalized spacial score (nSPS) is 29.7. The largest absolute Gasteiger partial charge is 0.316 e. The summed E-state index contributed by atoms with van der Waals surface area (Å²) >= 11 is 0. The van der Waals surface area contributed by atoms with Gasteiger partial charge in [-0.05, 0) is 33.2 Å². The molecule has 1 fully saturated rings. The van der Waals surface area contributed by atoms with Crippen molar-refractivity contribution in [3.63, 3.8) is 0 Å². The van der Waals surface area contributed by atoms with Crippen molar-refractivity contribution in [2.75, 3.05) is 7.05 Å². The first-order valence-corrected chi connectivity index (χ1v) is 8.05. The van der Waals surface area contributed by atoms with Crippen molar-refractivity contribution >= 4 is 9.84 Å². The Kier molecular flexibility index (Phi) is 5.25. The first-order valence-electron chi connectivity index (χ1n) is 6.44. The van der Waals surface area contributed by atoms with Gasteiger partial charge >= 0.3 is 0 Å². The summed E-state index contributed by atoms with van der Waals surface area (Å²) in [4.78, 5) is 0. The maximum Gasteiger partial charge on any atom is 0.157 e. The number of hydrogen-bond donors (Lipinski definition) is 1. The van der Waals surface area contributed by atoms with Gasteiger partial charge in [-0.25, -0.2) is 8.42 Å². The van der Waals surface area contributed by atoms with Crippen molar-refractivity contribution in [3.05, 3.63) is 0 Å². The monoisotopic (exact) mass is 247 g/mol. The van der Waals surface area contributed by atoms with Crippen LogP contribution in [0.4, 0.5) is 0 Å². The first-order chi connectivity index (χ1) is 7.54. The molecule has 1 aliphatic carbocycles. The average molecular weight is 247 g/mol. The second kappa shape index (κ2) is 6.01. The van der Waals surface area contributed by atoms with Gasteiger partial charge in [0.25, 0.3) is 0 Å². The number of nitrogens with one attached hydrogen (secondary N) is 1. The lowest BCUT2D eigenvalue weighted by Gasteiger charge is -2.27. The highest BCUT2D eigenvalue weighted by molar-refractivity contribution is 7.92. The van der Waals surface area contributed by atoms with Gasteiger partial charge in [-0.15, -0.1) is 0 Å². The Morgan fingerprint density at radius 3 is 2.44 bits per heavy atom. The maximum absolute atomic E-state index is 12.4. The summed E-state index contributed by atoms with van der Waals surface area (Å²) in [6.07, 6.45) is 5.92. The predicted octanol–water partition coefficient (Wildman–Crippen LogP) is 2.12. The van der Waals surface area contributed by atoms with Crippen LogP contribution in [0.3, 0.4) is 0 Å². The fourth-order valence-electron chi connectivity index (χ4n) is 2.53. The van der Waals surface area contributed by atoms with Crippen LogP contribution in [0.15, 0.2) is 0 Å².